The maximum absolute atomic E-state index is 5.66. The van der Waals surface area contributed by atoms with Crippen LogP contribution in [0.25, 0.3) is 0 Å². The van der Waals surface area contributed by atoms with Crippen LogP contribution in [0.3, 0.4) is 0 Å². The number of hydrogen-bond donors (Lipinski definition) is 1. The highest BCUT2D eigenvalue weighted by Gasteiger charge is 2.10. The lowest BCUT2D eigenvalue weighted by Gasteiger charge is -2.18. The third kappa shape index (κ3) is 5.32. The van der Waals surface area contributed by atoms with Gasteiger partial charge in [0.05, 0.1) is 6.10 Å². The fourth-order valence-corrected chi connectivity index (χ4v) is 2.59. The van der Waals surface area contributed by atoms with Gasteiger partial charge in [-0.25, -0.2) is 0 Å². The summed E-state index contributed by atoms with van der Waals surface area (Å²) in [6, 6.07) is 8.91. The van der Waals surface area contributed by atoms with Crippen LogP contribution in [0.2, 0.25) is 0 Å². The summed E-state index contributed by atoms with van der Waals surface area (Å²) in [5.74, 6) is 3.23. The molecule has 0 radical (unpaired) electrons. The normalized spacial score (nSPS) is 12.7. The average molecular weight is 267 g/mol. The molecule has 1 aromatic rings. The third-order valence-electron chi connectivity index (χ3n) is 2.59. The van der Waals surface area contributed by atoms with Crippen molar-refractivity contribution in [2.75, 3.05) is 18.1 Å². The van der Waals surface area contributed by atoms with E-state index in [0.717, 1.165) is 23.8 Å². The molecular formula is C15H25NOS. The Morgan fingerprint density at radius 3 is 2.33 bits per heavy atom. The summed E-state index contributed by atoms with van der Waals surface area (Å²) in [7, 11) is 0. The van der Waals surface area contributed by atoms with Gasteiger partial charge >= 0.3 is 0 Å². The molecule has 1 N–H and O–H groups in total. The molecule has 0 aliphatic carbocycles. The zero-order valence-corrected chi connectivity index (χ0v) is 12.7. The van der Waals surface area contributed by atoms with Crippen LogP contribution in [-0.4, -0.2) is 24.2 Å². The fraction of sp³-hybridized carbons (Fsp3) is 0.600. The molecule has 0 amide bonds. The van der Waals surface area contributed by atoms with Gasteiger partial charge in [-0.2, -0.15) is 11.8 Å². The summed E-state index contributed by atoms with van der Waals surface area (Å²) in [4.78, 5) is 0. The Labute approximate surface area is 116 Å². The molecule has 0 aliphatic rings. The maximum atomic E-state index is 5.66. The summed E-state index contributed by atoms with van der Waals surface area (Å²) in [5, 5.41) is 3.53. The summed E-state index contributed by atoms with van der Waals surface area (Å²) >= 11 is 1.97. The van der Waals surface area contributed by atoms with Crippen LogP contribution in [-0.2, 0) is 0 Å². The molecule has 0 aliphatic heterocycles. The first-order valence-corrected chi connectivity index (χ1v) is 7.90. The summed E-state index contributed by atoms with van der Waals surface area (Å²) in [6.45, 7) is 9.45. The van der Waals surface area contributed by atoms with Crippen LogP contribution in [0, 0.1) is 0 Å². The van der Waals surface area contributed by atoms with Gasteiger partial charge in [-0.1, -0.05) is 26.0 Å². The SMILES string of the molecule is CCNC(CSCC)c1ccc(OC(C)C)cc1. The lowest BCUT2D eigenvalue weighted by atomic mass is 10.1. The van der Waals surface area contributed by atoms with Crippen molar-refractivity contribution in [2.24, 2.45) is 0 Å². The van der Waals surface area contributed by atoms with E-state index in [-0.39, 0.29) is 6.10 Å². The molecule has 0 saturated heterocycles. The molecule has 0 spiro atoms. The van der Waals surface area contributed by atoms with Gasteiger partial charge in [-0.3, -0.25) is 0 Å². The van der Waals surface area contributed by atoms with Gasteiger partial charge in [0, 0.05) is 11.8 Å². The van der Waals surface area contributed by atoms with Gasteiger partial charge in [-0.15, -0.1) is 0 Å². The Bertz CT molecular complexity index is 324. The molecule has 0 fully saturated rings. The Morgan fingerprint density at radius 2 is 1.83 bits per heavy atom. The van der Waals surface area contributed by atoms with Crippen LogP contribution >= 0.6 is 11.8 Å². The molecule has 1 aromatic carbocycles. The second-order valence-corrected chi connectivity index (χ2v) is 5.82. The molecule has 0 heterocycles. The van der Waals surface area contributed by atoms with Crippen LogP contribution in [0.1, 0.15) is 39.3 Å². The van der Waals surface area contributed by atoms with Crippen LogP contribution < -0.4 is 10.1 Å². The van der Waals surface area contributed by atoms with E-state index in [1.807, 2.05) is 25.6 Å². The van der Waals surface area contributed by atoms with Gasteiger partial charge in [0.25, 0.3) is 0 Å². The molecule has 0 aromatic heterocycles. The predicted molar refractivity (Wildman–Crippen MR) is 81.6 cm³/mol. The lowest BCUT2D eigenvalue weighted by molar-refractivity contribution is 0.242. The van der Waals surface area contributed by atoms with Crippen molar-refractivity contribution < 1.29 is 4.74 Å². The number of ether oxygens (including phenoxy) is 1. The molecule has 3 heteroatoms. The van der Waals surface area contributed by atoms with Crippen molar-refractivity contribution in [3.05, 3.63) is 29.8 Å². The number of rotatable bonds is 8. The van der Waals surface area contributed by atoms with E-state index in [0.29, 0.717) is 6.04 Å². The Morgan fingerprint density at radius 1 is 1.17 bits per heavy atom. The van der Waals surface area contributed by atoms with E-state index < -0.39 is 0 Å². The number of nitrogens with one attached hydrogen (secondary N) is 1. The van der Waals surface area contributed by atoms with Gasteiger partial charge in [-0.05, 0) is 43.8 Å². The fourth-order valence-electron chi connectivity index (χ4n) is 1.81. The predicted octanol–water partition coefficient (Wildman–Crippen LogP) is 3.88. The number of thioether (sulfide) groups is 1. The van der Waals surface area contributed by atoms with E-state index in [1.54, 1.807) is 0 Å². The Kier molecular flexibility index (Phi) is 7.21. The minimum absolute atomic E-state index is 0.232. The molecule has 18 heavy (non-hydrogen) atoms. The zero-order valence-electron chi connectivity index (χ0n) is 11.9. The molecule has 1 atom stereocenters. The Hall–Kier alpha value is -0.670. The standard InChI is InChI=1S/C15H25NOS/c1-5-16-15(11-18-6-2)13-7-9-14(10-8-13)17-12(3)4/h7-10,12,15-16H,5-6,11H2,1-4H3. The molecular weight excluding hydrogens is 242 g/mol. The molecule has 0 saturated carbocycles. The Balaban J connectivity index is 2.67. The summed E-state index contributed by atoms with van der Waals surface area (Å²) in [6.07, 6.45) is 0.232. The highest BCUT2D eigenvalue weighted by atomic mass is 32.2. The van der Waals surface area contributed by atoms with Gasteiger partial charge in [0.15, 0.2) is 0 Å². The average Bonchev–Trinajstić information content (AvgIpc) is 2.35. The third-order valence-corrected chi connectivity index (χ3v) is 3.57. The minimum atomic E-state index is 0.232. The van der Waals surface area contributed by atoms with E-state index in [4.69, 9.17) is 4.74 Å². The number of benzene rings is 1. The largest absolute Gasteiger partial charge is 0.491 e. The van der Waals surface area contributed by atoms with Crippen LogP contribution in [0.5, 0.6) is 5.75 Å². The van der Waals surface area contributed by atoms with Crippen molar-refractivity contribution in [1.82, 2.24) is 5.32 Å². The highest BCUT2D eigenvalue weighted by Crippen LogP contribution is 2.21. The molecule has 1 rings (SSSR count). The van der Waals surface area contributed by atoms with Crippen molar-refractivity contribution in [3.8, 4) is 5.75 Å². The van der Waals surface area contributed by atoms with Crippen LogP contribution in [0.4, 0.5) is 0 Å². The van der Waals surface area contributed by atoms with Crippen molar-refractivity contribution in [2.45, 2.75) is 39.8 Å². The van der Waals surface area contributed by atoms with E-state index in [2.05, 4.69) is 43.4 Å². The topological polar surface area (TPSA) is 21.3 Å². The number of hydrogen-bond acceptors (Lipinski definition) is 3. The van der Waals surface area contributed by atoms with Gasteiger partial charge in [0.2, 0.25) is 0 Å². The first-order chi connectivity index (χ1) is 8.67. The lowest BCUT2D eigenvalue weighted by Crippen LogP contribution is -2.23. The second kappa shape index (κ2) is 8.44. The highest BCUT2D eigenvalue weighted by molar-refractivity contribution is 7.99. The van der Waals surface area contributed by atoms with Crippen molar-refractivity contribution in [1.29, 1.82) is 0 Å². The monoisotopic (exact) mass is 267 g/mol. The van der Waals surface area contributed by atoms with Gasteiger partial charge < -0.3 is 10.1 Å². The van der Waals surface area contributed by atoms with E-state index in [1.165, 1.54) is 5.56 Å². The second-order valence-electron chi connectivity index (χ2n) is 4.51. The minimum Gasteiger partial charge on any atom is -0.491 e. The first-order valence-electron chi connectivity index (χ1n) is 6.75. The first kappa shape index (κ1) is 15.4. The summed E-state index contributed by atoms with van der Waals surface area (Å²) < 4.78 is 5.66. The van der Waals surface area contributed by atoms with Crippen molar-refractivity contribution in [3.63, 3.8) is 0 Å². The van der Waals surface area contributed by atoms with Gasteiger partial charge in [0.1, 0.15) is 5.75 Å². The maximum Gasteiger partial charge on any atom is 0.119 e. The smallest absolute Gasteiger partial charge is 0.119 e. The van der Waals surface area contributed by atoms with Crippen LogP contribution in [0.15, 0.2) is 24.3 Å². The quantitative estimate of drug-likeness (QED) is 0.772. The van der Waals surface area contributed by atoms with E-state index in [9.17, 15) is 0 Å². The summed E-state index contributed by atoms with van der Waals surface area (Å²) in [5.41, 5.74) is 1.34. The molecule has 2 nitrogen and oxygen atoms in total. The zero-order chi connectivity index (χ0) is 13.4. The molecule has 0 bridgehead atoms. The molecule has 1 unspecified atom stereocenters. The van der Waals surface area contributed by atoms with E-state index >= 15 is 0 Å². The molecule has 102 valence electrons. The van der Waals surface area contributed by atoms with Crippen molar-refractivity contribution >= 4 is 11.8 Å².